The molecule has 1 aromatic carbocycles. The molecular formula is C15H15ClN6O. The van der Waals surface area contributed by atoms with E-state index in [9.17, 15) is 4.79 Å². The van der Waals surface area contributed by atoms with Crippen LogP contribution in [0.1, 0.15) is 16.3 Å². The fraction of sp³-hybridized carbons (Fsp3) is 0.267. The molecule has 0 atom stereocenters. The first-order valence-electron chi connectivity index (χ1n) is 7.33. The number of para-hydroxylation sites is 1. The molecule has 23 heavy (non-hydrogen) atoms. The summed E-state index contributed by atoms with van der Waals surface area (Å²) >= 11 is 6.12. The molecule has 7 nitrogen and oxygen atoms in total. The van der Waals surface area contributed by atoms with Gasteiger partial charge in [0.2, 0.25) is 5.95 Å². The first-order chi connectivity index (χ1) is 11.2. The van der Waals surface area contributed by atoms with Gasteiger partial charge in [0.15, 0.2) is 5.82 Å². The second-order valence-electron chi connectivity index (χ2n) is 5.42. The van der Waals surface area contributed by atoms with Crippen molar-refractivity contribution in [2.45, 2.75) is 13.1 Å². The Morgan fingerprint density at radius 3 is 3.04 bits per heavy atom. The standard InChI is InChI=1S/C15H15ClN6O/c1-17-15-18-7-9-8-21(5-6-22(9)15)14(23)13-19-11-4-2-3-10(16)12(11)20-13/h2-4,7H,5-6,8H2,1H3,(H,17,18)(H,19,20). The number of carbonyl (C=O) groups excluding carboxylic acids is 1. The maximum atomic E-state index is 12.7. The number of rotatable bonds is 2. The minimum atomic E-state index is -0.129. The van der Waals surface area contributed by atoms with Crippen LogP contribution in [0.5, 0.6) is 0 Å². The number of H-pyrrole nitrogens is 1. The molecule has 1 aliphatic rings. The van der Waals surface area contributed by atoms with E-state index in [-0.39, 0.29) is 5.91 Å². The summed E-state index contributed by atoms with van der Waals surface area (Å²) in [6, 6.07) is 5.45. The van der Waals surface area contributed by atoms with E-state index in [0.29, 0.717) is 36.0 Å². The molecule has 1 amide bonds. The van der Waals surface area contributed by atoms with Crippen LogP contribution in [0.2, 0.25) is 5.02 Å². The van der Waals surface area contributed by atoms with E-state index in [1.807, 2.05) is 19.2 Å². The highest BCUT2D eigenvalue weighted by atomic mass is 35.5. The number of benzene rings is 1. The summed E-state index contributed by atoms with van der Waals surface area (Å²) in [5.74, 6) is 1.01. The number of amides is 1. The lowest BCUT2D eigenvalue weighted by Crippen LogP contribution is -2.38. The summed E-state index contributed by atoms with van der Waals surface area (Å²) in [4.78, 5) is 26.2. The van der Waals surface area contributed by atoms with Gasteiger partial charge in [-0.25, -0.2) is 9.97 Å². The highest BCUT2D eigenvalue weighted by Crippen LogP contribution is 2.23. The van der Waals surface area contributed by atoms with Crippen molar-refractivity contribution in [1.29, 1.82) is 0 Å². The van der Waals surface area contributed by atoms with Crippen LogP contribution < -0.4 is 5.32 Å². The number of hydrogen-bond donors (Lipinski definition) is 2. The molecule has 0 spiro atoms. The first-order valence-corrected chi connectivity index (χ1v) is 7.71. The van der Waals surface area contributed by atoms with Crippen LogP contribution in [-0.4, -0.2) is 43.9 Å². The number of nitrogens with one attached hydrogen (secondary N) is 2. The lowest BCUT2D eigenvalue weighted by molar-refractivity contribution is 0.0701. The minimum absolute atomic E-state index is 0.129. The number of carbonyl (C=O) groups is 1. The maximum absolute atomic E-state index is 12.7. The zero-order valence-electron chi connectivity index (χ0n) is 12.5. The Bertz CT molecular complexity index is 899. The second kappa shape index (κ2) is 5.27. The van der Waals surface area contributed by atoms with Crippen molar-refractivity contribution in [3.63, 3.8) is 0 Å². The van der Waals surface area contributed by atoms with E-state index in [2.05, 4.69) is 24.8 Å². The number of anilines is 1. The molecule has 4 rings (SSSR count). The predicted octanol–water partition coefficient (Wildman–Crippen LogP) is 2.11. The molecule has 2 N–H and O–H groups in total. The molecule has 3 heterocycles. The smallest absolute Gasteiger partial charge is 0.290 e. The summed E-state index contributed by atoms with van der Waals surface area (Å²) < 4.78 is 2.08. The van der Waals surface area contributed by atoms with Crippen LogP contribution in [-0.2, 0) is 13.1 Å². The highest BCUT2D eigenvalue weighted by molar-refractivity contribution is 6.35. The van der Waals surface area contributed by atoms with Gasteiger partial charge in [0.05, 0.1) is 29.0 Å². The third-order valence-corrected chi connectivity index (χ3v) is 4.37. The Hall–Kier alpha value is -2.54. The van der Waals surface area contributed by atoms with Crippen molar-refractivity contribution >= 4 is 34.5 Å². The molecule has 2 aromatic heterocycles. The van der Waals surface area contributed by atoms with E-state index in [1.54, 1.807) is 17.2 Å². The Morgan fingerprint density at radius 2 is 2.26 bits per heavy atom. The van der Waals surface area contributed by atoms with Gasteiger partial charge in [-0.05, 0) is 12.1 Å². The van der Waals surface area contributed by atoms with Crippen molar-refractivity contribution in [2.75, 3.05) is 18.9 Å². The largest absolute Gasteiger partial charge is 0.359 e. The van der Waals surface area contributed by atoms with E-state index in [4.69, 9.17) is 11.6 Å². The van der Waals surface area contributed by atoms with Crippen molar-refractivity contribution in [3.05, 3.63) is 40.9 Å². The molecule has 3 aromatic rings. The fourth-order valence-corrected chi connectivity index (χ4v) is 3.12. The van der Waals surface area contributed by atoms with Gasteiger partial charge in [-0.2, -0.15) is 0 Å². The number of imidazole rings is 2. The van der Waals surface area contributed by atoms with Crippen LogP contribution in [0, 0.1) is 0 Å². The molecule has 1 aliphatic heterocycles. The van der Waals surface area contributed by atoms with Gasteiger partial charge in [0, 0.05) is 20.1 Å². The number of aromatic nitrogens is 4. The normalized spacial score (nSPS) is 14.1. The number of aromatic amines is 1. The Kier molecular flexibility index (Phi) is 3.23. The monoisotopic (exact) mass is 330 g/mol. The second-order valence-corrected chi connectivity index (χ2v) is 5.83. The van der Waals surface area contributed by atoms with Gasteiger partial charge < -0.3 is 19.8 Å². The molecule has 118 valence electrons. The lowest BCUT2D eigenvalue weighted by Gasteiger charge is -2.28. The van der Waals surface area contributed by atoms with Crippen LogP contribution in [0.15, 0.2) is 24.4 Å². The molecular weight excluding hydrogens is 316 g/mol. The van der Waals surface area contributed by atoms with Gasteiger partial charge in [-0.15, -0.1) is 0 Å². The maximum Gasteiger partial charge on any atom is 0.290 e. The summed E-state index contributed by atoms with van der Waals surface area (Å²) in [7, 11) is 1.84. The topological polar surface area (TPSA) is 78.8 Å². The number of hydrogen-bond acceptors (Lipinski definition) is 4. The van der Waals surface area contributed by atoms with Crippen LogP contribution in [0.3, 0.4) is 0 Å². The van der Waals surface area contributed by atoms with Crippen molar-refractivity contribution in [2.24, 2.45) is 0 Å². The van der Waals surface area contributed by atoms with Crippen molar-refractivity contribution < 1.29 is 4.79 Å². The van der Waals surface area contributed by atoms with Gasteiger partial charge in [0.1, 0.15) is 5.52 Å². The molecule has 0 aliphatic carbocycles. The fourth-order valence-electron chi connectivity index (χ4n) is 2.90. The summed E-state index contributed by atoms with van der Waals surface area (Å²) in [5.41, 5.74) is 2.39. The quantitative estimate of drug-likeness (QED) is 0.754. The molecule has 0 bridgehead atoms. The molecule has 0 saturated heterocycles. The van der Waals surface area contributed by atoms with Gasteiger partial charge in [-0.3, -0.25) is 4.79 Å². The molecule has 0 radical (unpaired) electrons. The molecule has 0 unspecified atom stereocenters. The molecule has 0 fully saturated rings. The predicted molar refractivity (Wildman–Crippen MR) is 87.6 cm³/mol. The first kappa shape index (κ1) is 14.1. The summed E-state index contributed by atoms with van der Waals surface area (Å²) in [6.45, 7) is 1.83. The van der Waals surface area contributed by atoms with E-state index in [1.165, 1.54) is 0 Å². The third kappa shape index (κ3) is 2.24. The number of nitrogens with zero attached hydrogens (tertiary/aromatic N) is 4. The van der Waals surface area contributed by atoms with Gasteiger partial charge >= 0.3 is 0 Å². The van der Waals surface area contributed by atoms with E-state index in [0.717, 1.165) is 17.2 Å². The average Bonchev–Trinajstić information content (AvgIpc) is 3.18. The van der Waals surface area contributed by atoms with Gasteiger partial charge in [0.25, 0.3) is 5.91 Å². The average molecular weight is 331 g/mol. The zero-order chi connectivity index (χ0) is 16.0. The Labute approximate surface area is 137 Å². The van der Waals surface area contributed by atoms with Crippen molar-refractivity contribution in [3.8, 4) is 0 Å². The third-order valence-electron chi connectivity index (χ3n) is 4.06. The SMILES string of the molecule is CNc1ncc2n1CCN(C(=O)c1nc3c(Cl)cccc3[nH]1)C2. The summed E-state index contributed by atoms with van der Waals surface area (Å²) in [5, 5.41) is 3.59. The zero-order valence-corrected chi connectivity index (χ0v) is 13.3. The lowest BCUT2D eigenvalue weighted by atomic mass is 10.3. The van der Waals surface area contributed by atoms with Crippen LogP contribution in [0.4, 0.5) is 5.95 Å². The highest BCUT2D eigenvalue weighted by Gasteiger charge is 2.25. The minimum Gasteiger partial charge on any atom is -0.359 e. The van der Waals surface area contributed by atoms with Crippen LogP contribution >= 0.6 is 11.6 Å². The Balaban J connectivity index is 1.62. The molecule has 0 saturated carbocycles. The number of halogens is 1. The molecule has 8 heteroatoms. The Morgan fingerprint density at radius 1 is 1.39 bits per heavy atom. The summed E-state index contributed by atoms with van der Waals surface area (Å²) in [6.07, 6.45) is 1.79. The van der Waals surface area contributed by atoms with Crippen LogP contribution in [0.25, 0.3) is 11.0 Å². The van der Waals surface area contributed by atoms with Crippen molar-refractivity contribution in [1.82, 2.24) is 24.4 Å². The number of fused-ring (bicyclic) bond motifs is 2. The van der Waals surface area contributed by atoms with E-state index >= 15 is 0 Å². The van der Waals surface area contributed by atoms with E-state index < -0.39 is 0 Å². The van der Waals surface area contributed by atoms with Gasteiger partial charge in [-0.1, -0.05) is 17.7 Å².